The average Bonchev–Trinajstić information content (AvgIpc) is 3.23. The summed E-state index contributed by atoms with van der Waals surface area (Å²) in [6.45, 7) is 22.7. The topological polar surface area (TPSA) is 113 Å². The number of hydrogen-bond acceptors (Lipinski definition) is 11. The van der Waals surface area contributed by atoms with Crippen LogP contribution in [-0.4, -0.2) is 115 Å². The van der Waals surface area contributed by atoms with E-state index in [-0.39, 0.29) is 54.6 Å². The Labute approximate surface area is 355 Å². The second-order valence-electron chi connectivity index (χ2n) is 15.6. The number of methoxy groups -OCH3 is 4. The minimum atomic E-state index is -0.754. The molecule has 344 valence electrons. The van der Waals surface area contributed by atoms with E-state index >= 15 is 0 Å². The fourth-order valence-electron chi connectivity index (χ4n) is 7.54. The maximum absolute atomic E-state index is 10.7. The van der Waals surface area contributed by atoms with Crippen molar-refractivity contribution in [2.24, 2.45) is 17.8 Å². The van der Waals surface area contributed by atoms with Crippen molar-refractivity contribution in [2.45, 2.75) is 194 Å². The molecule has 11 nitrogen and oxygen atoms in total. The first-order valence-corrected chi connectivity index (χ1v) is 22.5. The molecular formula is C47H90O11. The lowest BCUT2D eigenvalue weighted by molar-refractivity contribution is -0.277. The predicted octanol–water partition coefficient (Wildman–Crippen LogP) is 10.2. The third kappa shape index (κ3) is 22.9. The molecule has 1 N–H and O–H groups in total. The Morgan fingerprint density at radius 1 is 0.569 bits per heavy atom. The van der Waals surface area contributed by atoms with E-state index in [4.69, 9.17) is 47.4 Å². The molecule has 0 aliphatic carbocycles. The Morgan fingerprint density at radius 2 is 0.983 bits per heavy atom. The molecule has 2 fully saturated rings. The number of ether oxygens (including phenoxy) is 10. The lowest BCUT2D eigenvalue weighted by atomic mass is 9.85. The maximum atomic E-state index is 10.7. The first-order valence-electron chi connectivity index (χ1n) is 22.5. The van der Waals surface area contributed by atoms with Crippen molar-refractivity contribution in [1.29, 1.82) is 0 Å². The third-order valence-electron chi connectivity index (χ3n) is 11.1. The standard InChI is InChI=1S/C23H44O5.C22H42O6.C2H4/c1-7-9-10-11-12-13-20(25-6)14-16-26-22-18(3)21(17-24-5)28-23(19(22)4)27-15-8-2;1-6-8-9-10-11-12-18(25-5)13-15-26-21-17(3)22(27-14-7-2)28-19(16-24-4)20(21)23;1-2/h8,15,18-23H,7,9-14,16-17H2,1-6H3;7,14,17-23H,6,8-13,15-16H2,1-5H3;1-2H2/b15-8-;14-7-;. The number of hydrogen-bond donors (Lipinski definition) is 1. The van der Waals surface area contributed by atoms with Crippen LogP contribution in [0.2, 0.25) is 0 Å². The van der Waals surface area contributed by atoms with Crippen LogP contribution < -0.4 is 0 Å². The highest BCUT2D eigenvalue weighted by atomic mass is 16.7. The van der Waals surface area contributed by atoms with Crippen LogP contribution in [0.1, 0.15) is 138 Å². The molecule has 11 heteroatoms. The number of unbranched alkanes of at least 4 members (excludes halogenated alkanes) is 8. The Kier molecular flexibility index (Phi) is 36.3. The molecule has 58 heavy (non-hydrogen) atoms. The Morgan fingerprint density at radius 3 is 1.41 bits per heavy atom. The van der Waals surface area contributed by atoms with Gasteiger partial charge in [0.05, 0.1) is 56.3 Å². The van der Waals surface area contributed by atoms with E-state index in [1.807, 2.05) is 40.0 Å². The number of aliphatic hydroxyl groups is 1. The van der Waals surface area contributed by atoms with Crippen molar-refractivity contribution in [3.8, 4) is 0 Å². The Hall–Kier alpha value is -1.54. The summed E-state index contributed by atoms with van der Waals surface area (Å²) in [5.74, 6) is 0.291. The van der Waals surface area contributed by atoms with Crippen molar-refractivity contribution >= 4 is 0 Å². The van der Waals surface area contributed by atoms with Gasteiger partial charge in [-0.2, -0.15) is 0 Å². The summed E-state index contributed by atoms with van der Waals surface area (Å²) in [6, 6.07) is 0. The van der Waals surface area contributed by atoms with Crippen LogP contribution in [0.15, 0.2) is 37.8 Å². The van der Waals surface area contributed by atoms with Gasteiger partial charge in [0.2, 0.25) is 12.6 Å². The maximum Gasteiger partial charge on any atom is 0.204 e. The van der Waals surface area contributed by atoms with E-state index < -0.39 is 18.5 Å². The summed E-state index contributed by atoms with van der Waals surface area (Å²) in [5.41, 5.74) is 0. The molecule has 0 saturated carbocycles. The summed E-state index contributed by atoms with van der Waals surface area (Å²) in [5, 5.41) is 10.7. The Balaban J connectivity index is 0.00000107. The summed E-state index contributed by atoms with van der Waals surface area (Å²) >= 11 is 0. The van der Waals surface area contributed by atoms with Gasteiger partial charge in [-0.25, -0.2) is 0 Å². The molecular weight excluding hydrogens is 741 g/mol. The highest BCUT2D eigenvalue weighted by Gasteiger charge is 2.45. The zero-order valence-corrected chi connectivity index (χ0v) is 38.9. The van der Waals surface area contributed by atoms with Crippen LogP contribution in [0, 0.1) is 17.8 Å². The quantitative estimate of drug-likeness (QED) is 0.0424. The zero-order chi connectivity index (χ0) is 43.6. The van der Waals surface area contributed by atoms with E-state index in [1.54, 1.807) is 33.9 Å². The monoisotopic (exact) mass is 831 g/mol. The summed E-state index contributed by atoms with van der Waals surface area (Å²) < 4.78 is 57.7. The molecule has 2 heterocycles. The first-order chi connectivity index (χ1) is 28.2. The van der Waals surface area contributed by atoms with Crippen LogP contribution in [0.3, 0.4) is 0 Å². The number of allylic oxidation sites excluding steroid dienone is 2. The zero-order valence-electron chi connectivity index (χ0n) is 38.9. The lowest BCUT2D eigenvalue weighted by Crippen LogP contribution is -2.56. The number of rotatable bonds is 30. The minimum Gasteiger partial charge on any atom is -0.472 e. The number of aliphatic hydroxyl groups excluding tert-OH is 1. The average molecular weight is 831 g/mol. The molecule has 0 radical (unpaired) electrons. The van der Waals surface area contributed by atoms with Crippen LogP contribution in [-0.2, 0) is 47.4 Å². The van der Waals surface area contributed by atoms with Crippen molar-refractivity contribution in [2.75, 3.05) is 54.9 Å². The van der Waals surface area contributed by atoms with Gasteiger partial charge in [0.15, 0.2) is 0 Å². The van der Waals surface area contributed by atoms with Crippen molar-refractivity contribution < 1.29 is 52.5 Å². The fourth-order valence-corrected chi connectivity index (χ4v) is 7.54. The first kappa shape index (κ1) is 56.5. The van der Waals surface area contributed by atoms with E-state index in [0.29, 0.717) is 26.4 Å². The highest BCUT2D eigenvalue weighted by molar-refractivity contribution is 4.90. The fraction of sp³-hybridized carbons (Fsp3) is 0.872. The molecule has 0 bridgehead atoms. The van der Waals surface area contributed by atoms with E-state index in [0.717, 1.165) is 25.7 Å². The van der Waals surface area contributed by atoms with E-state index in [9.17, 15) is 5.11 Å². The predicted molar refractivity (Wildman–Crippen MR) is 235 cm³/mol. The van der Waals surface area contributed by atoms with Crippen LogP contribution in [0.25, 0.3) is 0 Å². The van der Waals surface area contributed by atoms with Gasteiger partial charge in [-0.3, -0.25) is 0 Å². The van der Waals surface area contributed by atoms with Gasteiger partial charge in [-0.1, -0.05) is 111 Å². The molecule has 0 amide bonds. The second kappa shape index (κ2) is 37.2. The molecule has 12 atom stereocenters. The molecule has 12 unspecified atom stereocenters. The molecule has 2 aliphatic heterocycles. The van der Waals surface area contributed by atoms with Gasteiger partial charge in [-0.05, 0) is 39.5 Å². The lowest BCUT2D eigenvalue weighted by Gasteiger charge is -2.43. The molecule has 2 rings (SSSR count). The second-order valence-corrected chi connectivity index (χ2v) is 15.6. The molecule has 2 saturated heterocycles. The highest BCUT2D eigenvalue weighted by Crippen LogP contribution is 2.34. The van der Waals surface area contributed by atoms with Gasteiger partial charge in [0, 0.05) is 59.4 Å². The summed E-state index contributed by atoms with van der Waals surface area (Å²) in [6.07, 6.45) is 21.8. The summed E-state index contributed by atoms with van der Waals surface area (Å²) in [4.78, 5) is 0. The van der Waals surface area contributed by atoms with Crippen molar-refractivity contribution in [1.82, 2.24) is 0 Å². The molecule has 2 aliphatic rings. The van der Waals surface area contributed by atoms with E-state index in [1.165, 1.54) is 64.2 Å². The molecule has 0 aromatic heterocycles. The van der Waals surface area contributed by atoms with Crippen molar-refractivity contribution in [3.63, 3.8) is 0 Å². The molecule has 0 spiro atoms. The SMILES string of the molecule is C/C=C\OC1OC(COC)C(C)C(OCCC(CCCCCCC)OC)C1C.C/C=C\OC1OC(COC)C(O)C(OCCC(CCCCCCC)OC)C1C.C=C. The summed E-state index contributed by atoms with van der Waals surface area (Å²) in [7, 11) is 6.87. The van der Waals surface area contributed by atoms with Gasteiger partial charge >= 0.3 is 0 Å². The third-order valence-corrected chi connectivity index (χ3v) is 11.1. The van der Waals surface area contributed by atoms with Crippen LogP contribution >= 0.6 is 0 Å². The van der Waals surface area contributed by atoms with Crippen LogP contribution in [0.4, 0.5) is 0 Å². The van der Waals surface area contributed by atoms with Gasteiger partial charge < -0.3 is 52.5 Å². The molecule has 0 aromatic carbocycles. The van der Waals surface area contributed by atoms with E-state index in [2.05, 4.69) is 40.9 Å². The van der Waals surface area contributed by atoms with Gasteiger partial charge in [-0.15, -0.1) is 13.2 Å². The minimum absolute atomic E-state index is 0.0294. The largest absolute Gasteiger partial charge is 0.472 e. The Bertz CT molecular complexity index is 893. The van der Waals surface area contributed by atoms with Crippen LogP contribution in [0.5, 0.6) is 0 Å². The smallest absolute Gasteiger partial charge is 0.204 e. The normalized spacial score (nSPS) is 28.3. The van der Waals surface area contributed by atoms with Crippen molar-refractivity contribution in [3.05, 3.63) is 37.8 Å². The van der Waals surface area contributed by atoms with Gasteiger partial charge in [0.25, 0.3) is 0 Å². The van der Waals surface area contributed by atoms with Gasteiger partial charge in [0.1, 0.15) is 12.2 Å². The molecule has 0 aromatic rings.